The summed E-state index contributed by atoms with van der Waals surface area (Å²) in [5.41, 5.74) is 2.27. The smallest absolute Gasteiger partial charge is 0.259 e. The number of para-hydroxylation sites is 1. The Hall–Kier alpha value is -2.61. The van der Waals surface area contributed by atoms with Gasteiger partial charge in [0.2, 0.25) is 0 Å². The Labute approximate surface area is 186 Å². The average molecular weight is 440 g/mol. The number of piperazine rings is 1. The summed E-state index contributed by atoms with van der Waals surface area (Å²) in [4.78, 5) is 19.3. The molecule has 1 aliphatic rings. The average Bonchev–Trinajstić information content (AvgIpc) is 3.31. The molecule has 0 aliphatic carbocycles. The fraction of sp³-hybridized carbons (Fsp3) is 0.375. The lowest BCUT2D eigenvalue weighted by Gasteiger charge is -2.40. The van der Waals surface area contributed by atoms with Gasteiger partial charge in [-0.1, -0.05) is 24.3 Å². The van der Waals surface area contributed by atoms with Gasteiger partial charge in [-0.3, -0.25) is 9.69 Å². The summed E-state index contributed by atoms with van der Waals surface area (Å²) in [6.45, 7) is 6.12. The van der Waals surface area contributed by atoms with E-state index in [1.807, 2.05) is 24.4 Å². The molecule has 1 N–H and O–H groups in total. The summed E-state index contributed by atoms with van der Waals surface area (Å²) in [7, 11) is 1.63. The van der Waals surface area contributed by atoms with Gasteiger partial charge in [0.1, 0.15) is 5.75 Å². The van der Waals surface area contributed by atoms with Gasteiger partial charge < -0.3 is 19.3 Å². The number of nitrogens with zero attached hydrogens (tertiary/aromatic N) is 3. The van der Waals surface area contributed by atoms with Crippen LogP contribution in [0.3, 0.4) is 0 Å². The Morgan fingerprint density at radius 2 is 1.84 bits per heavy atom. The van der Waals surface area contributed by atoms with Crippen molar-refractivity contribution in [3.8, 4) is 5.75 Å². The molecule has 1 atom stereocenters. The fourth-order valence-corrected chi connectivity index (χ4v) is 5.18. The highest BCUT2D eigenvalue weighted by Gasteiger charge is 2.32. The molecule has 0 spiro atoms. The molecule has 0 saturated carbocycles. The molecule has 0 bridgehead atoms. The van der Waals surface area contributed by atoms with Crippen LogP contribution in [0, 0.1) is 6.92 Å². The molecule has 164 valence electrons. The van der Waals surface area contributed by atoms with Gasteiger partial charge >= 0.3 is 0 Å². The number of rotatable bonds is 7. The topological polar surface area (TPSA) is 57.9 Å². The van der Waals surface area contributed by atoms with Gasteiger partial charge in [0.05, 0.1) is 18.2 Å². The monoisotopic (exact) mass is 439 g/mol. The van der Waals surface area contributed by atoms with E-state index in [0.29, 0.717) is 18.7 Å². The van der Waals surface area contributed by atoms with Gasteiger partial charge in [-0.25, -0.2) is 0 Å². The van der Waals surface area contributed by atoms with Crippen molar-refractivity contribution in [2.24, 2.45) is 0 Å². The van der Waals surface area contributed by atoms with Crippen LogP contribution in [0.15, 0.2) is 58.7 Å². The lowest BCUT2D eigenvalue weighted by Crippen LogP contribution is -2.49. The number of anilines is 1. The van der Waals surface area contributed by atoms with Crippen molar-refractivity contribution in [1.82, 2.24) is 9.47 Å². The van der Waals surface area contributed by atoms with Crippen molar-refractivity contribution in [2.75, 3.05) is 44.8 Å². The van der Waals surface area contributed by atoms with E-state index in [4.69, 9.17) is 4.74 Å². The summed E-state index contributed by atoms with van der Waals surface area (Å²) in [5.74, 6) is 0.0695. The molecule has 6 nitrogen and oxygen atoms in total. The number of ether oxygens (including phenoxy) is 1. The molecule has 31 heavy (non-hydrogen) atoms. The predicted molar refractivity (Wildman–Crippen MR) is 125 cm³/mol. The highest BCUT2D eigenvalue weighted by molar-refractivity contribution is 7.10. The van der Waals surface area contributed by atoms with E-state index >= 15 is 0 Å². The van der Waals surface area contributed by atoms with E-state index in [9.17, 15) is 9.90 Å². The standard InChI is InChI=1S/C24H29N3O3S/c1-18-17-20(28)22(24(29)27(18)14-15-30-2)23(21-9-6-16-31-21)26-12-10-25(11-13-26)19-7-4-3-5-8-19/h3-9,16-17,23,28H,10-15H2,1-2H3/t23-/m1/s1. The molecular weight excluding hydrogens is 410 g/mol. The molecule has 1 fully saturated rings. The van der Waals surface area contributed by atoms with Crippen LogP contribution in [0.5, 0.6) is 5.75 Å². The largest absolute Gasteiger partial charge is 0.507 e. The Bertz CT molecular complexity index is 1040. The number of methoxy groups -OCH3 is 1. The number of aromatic hydroxyl groups is 1. The van der Waals surface area contributed by atoms with Crippen LogP contribution in [0.2, 0.25) is 0 Å². The highest BCUT2D eigenvalue weighted by atomic mass is 32.1. The van der Waals surface area contributed by atoms with Crippen LogP contribution in [0.25, 0.3) is 0 Å². The SMILES string of the molecule is COCCn1c(C)cc(O)c([C@@H](c2cccs2)N2CCN(c3ccccc3)CC2)c1=O. The third-order valence-corrected chi connectivity index (χ3v) is 6.85. The molecule has 0 radical (unpaired) electrons. The Kier molecular flexibility index (Phi) is 6.75. The van der Waals surface area contributed by atoms with Crippen LogP contribution in [-0.4, -0.2) is 54.5 Å². The number of hydrogen-bond donors (Lipinski definition) is 1. The third kappa shape index (κ3) is 4.54. The normalized spacial score (nSPS) is 15.9. The van der Waals surface area contributed by atoms with Crippen LogP contribution in [0.4, 0.5) is 5.69 Å². The molecular formula is C24H29N3O3S. The molecule has 3 heterocycles. The zero-order chi connectivity index (χ0) is 21.8. The van der Waals surface area contributed by atoms with Crippen molar-refractivity contribution in [1.29, 1.82) is 0 Å². The first-order valence-corrected chi connectivity index (χ1v) is 11.5. The lowest BCUT2D eigenvalue weighted by molar-refractivity contribution is 0.184. The van der Waals surface area contributed by atoms with E-state index < -0.39 is 0 Å². The second-order valence-electron chi connectivity index (χ2n) is 7.81. The summed E-state index contributed by atoms with van der Waals surface area (Å²) >= 11 is 1.62. The minimum Gasteiger partial charge on any atom is -0.507 e. The Morgan fingerprint density at radius 1 is 1.10 bits per heavy atom. The van der Waals surface area contributed by atoms with Crippen molar-refractivity contribution in [3.63, 3.8) is 0 Å². The summed E-state index contributed by atoms with van der Waals surface area (Å²) < 4.78 is 6.90. The molecule has 1 saturated heterocycles. The second kappa shape index (κ2) is 9.68. The van der Waals surface area contributed by atoms with Gasteiger partial charge in [-0.05, 0) is 36.6 Å². The zero-order valence-corrected chi connectivity index (χ0v) is 18.8. The van der Waals surface area contributed by atoms with Crippen LogP contribution in [0.1, 0.15) is 22.2 Å². The summed E-state index contributed by atoms with van der Waals surface area (Å²) in [5, 5.41) is 12.9. The van der Waals surface area contributed by atoms with Crippen molar-refractivity contribution < 1.29 is 9.84 Å². The maximum Gasteiger partial charge on any atom is 0.259 e. The molecule has 3 aromatic rings. The lowest BCUT2D eigenvalue weighted by atomic mass is 10.0. The summed E-state index contributed by atoms with van der Waals surface area (Å²) in [6, 6.07) is 15.9. The van der Waals surface area contributed by atoms with Crippen molar-refractivity contribution in [2.45, 2.75) is 19.5 Å². The van der Waals surface area contributed by atoms with E-state index in [1.54, 1.807) is 29.1 Å². The zero-order valence-electron chi connectivity index (χ0n) is 18.0. The first-order valence-electron chi connectivity index (χ1n) is 10.6. The molecule has 0 unspecified atom stereocenters. The second-order valence-corrected chi connectivity index (χ2v) is 8.79. The van der Waals surface area contributed by atoms with Crippen LogP contribution < -0.4 is 10.5 Å². The van der Waals surface area contributed by atoms with E-state index in [-0.39, 0.29) is 17.4 Å². The minimum absolute atomic E-state index is 0.0695. The maximum atomic E-state index is 13.5. The Balaban J connectivity index is 1.67. The first kappa shape index (κ1) is 21.6. The quantitative estimate of drug-likeness (QED) is 0.611. The number of pyridine rings is 1. The molecule has 1 aromatic carbocycles. The minimum atomic E-state index is -0.264. The number of benzene rings is 1. The number of hydrogen-bond acceptors (Lipinski definition) is 6. The van der Waals surface area contributed by atoms with E-state index in [0.717, 1.165) is 36.8 Å². The molecule has 1 aliphatic heterocycles. The van der Waals surface area contributed by atoms with Gasteiger partial charge in [-0.2, -0.15) is 0 Å². The van der Waals surface area contributed by atoms with Crippen LogP contribution >= 0.6 is 11.3 Å². The van der Waals surface area contributed by atoms with Gasteiger partial charge in [0, 0.05) is 56.1 Å². The molecule has 2 aromatic heterocycles. The predicted octanol–water partition coefficient (Wildman–Crippen LogP) is 3.48. The van der Waals surface area contributed by atoms with E-state index in [1.165, 1.54) is 5.69 Å². The highest BCUT2D eigenvalue weighted by Crippen LogP contribution is 2.35. The van der Waals surface area contributed by atoms with Crippen molar-refractivity contribution in [3.05, 3.63) is 80.4 Å². The molecule has 7 heteroatoms. The van der Waals surface area contributed by atoms with Gasteiger partial charge in [-0.15, -0.1) is 11.3 Å². The van der Waals surface area contributed by atoms with E-state index in [2.05, 4.69) is 40.1 Å². The number of aryl methyl sites for hydroxylation is 1. The van der Waals surface area contributed by atoms with Gasteiger partial charge in [0.25, 0.3) is 5.56 Å². The first-order chi connectivity index (χ1) is 15.1. The number of thiophene rings is 1. The van der Waals surface area contributed by atoms with Gasteiger partial charge in [0.15, 0.2) is 0 Å². The maximum absolute atomic E-state index is 13.5. The summed E-state index contributed by atoms with van der Waals surface area (Å²) in [6.07, 6.45) is 0. The number of aromatic nitrogens is 1. The Morgan fingerprint density at radius 3 is 2.48 bits per heavy atom. The molecule has 0 amide bonds. The van der Waals surface area contributed by atoms with Crippen LogP contribution in [-0.2, 0) is 11.3 Å². The molecule has 4 rings (SSSR count). The fourth-order valence-electron chi connectivity index (χ4n) is 4.31. The van der Waals surface area contributed by atoms with Crippen molar-refractivity contribution >= 4 is 17.0 Å². The third-order valence-electron chi connectivity index (χ3n) is 5.93.